The Balaban J connectivity index is 1.70. The first kappa shape index (κ1) is 38.1. The normalized spacial score (nSPS) is 13.1. The van der Waals surface area contributed by atoms with Crippen molar-refractivity contribution in [1.82, 2.24) is 0 Å². The number of aryl methyl sites for hydroxylation is 2. The Morgan fingerprint density at radius 2 is 1.62 bits per heavy atom. The molecule has 3 rings (SSSR count). The lowest BCUT2D eigenvalue weighted by Crippen LogP contribution is -2.11. The fourth-order valence-electron chi connectivity index (χ4n) is 6.07. The smallest absolute Gasteiger partial charge is 0.342 e. The number of carboxylic acid groups (broad SMARTS) is 1. The zero-order valence-electron chi connectivity index (χ0n) is 29.4. The Kier molecular flexibility index (Phi) is 14.5. The maximum atomic E-state index is 12.9. The molecular formula is C38H50O10. The largest absolute Gasteiger partial charge is 0.496 e. The van der Waals surface area contributed by atoms with Gasteiger partial charge >= 0.3 is 23.9 Å². The lowest BCUT2D eigenvalue weighted by atomic mass is 9.94. The van der Waals surface area contributed by atoms with Gasteiger partial charge < -0.3 is 28.8 Å². The van der Waals surface area contributed by atoms with E-state index in [1.165, 1.54) is 7.11 Å². The minimum atomic E-state index is -0.767. The van der Waals surface area contributed by atoms with Crippen LogP contribution in [0.5, 0.6) is 17.2 Å². The van der Waals surface area contributed by atoms with Crippen molar-refractivity contribution in [2.45, 2.75) is 112 Å². The molecule has 2 aromatic rings. The Bertz CT molecular complexity index is 1500. The second-order valence-electron chi connectivity index (χ2n) is 12.7. The molecule has 2 aromatic carbocycles. The van der Waals surface area contributed by atoms with Crippen LogP contribution in [-0.4, -0.2) is 43.2 Å². The number of cyclic esters (lactones) is 1. The maximum absolute atomic E-state index is 12.9. The van der Waals surface area contributed by atoms with Crippen LogP contribution in [0.2, 0.25) is 0 Å². The second-order valence-corrected chi connectivity index (χ2v) is 12.7. The van der Waals surface area contributed by atoms with Crippen LogP contribution < -0.4 is 14.2 Å². The third kappa shape index (κ3) is 10.6. The Labute approximate surface area is 283 Å². The summed E-state index contributed by atoms with van der Waals surface area (Å²) in [6.45, 7) is 9.86. The number of aliphatic carboxylic acids is 1. The number of unbranched alkanes of at least 4 members (excludes halogenated alkanes) is 3. The minimum absolute atomic E-state index is 0.144. The van der Waals surface area contributed by atoms with E-state index in [0.717, 1.165) is 64.6 Å². The van der Waals surface area contributed by atoms with Crippen molar-refractivity contribution in [3.05, 3.63) is 62.7 Å². The molecule has 10 nitrogen and oxygen atoms in total. The number of carboxylic acids is 1. The first-order valence-electron chi connectivity index (χ1n) is 16.6. The van der Waals surface area contributed by atoms with E-state index in [0.29, 0.717) is 48.5 Å². The Hall–Kier alpha value is -4.34. The number of hydrogen-bond donors (Lipinski definition) is 1. The molecule has 48 heavy (non-hydrogen) atoms. The summed E-state index contributed by atoms with van der Waals surface area (Å²) >= 11 is 0. The van der Waals surface area contributed by atoms with Crippen molar-refractivity contribution < 1.29 is 48.0 Å². The van der Waals surface area contributed by atoms with Gasteiger partial charge in [-0.25, -0.2) is 4.79 Å². The van der Waals surface area contributed by atoms with Crippen LogP contribution >= 0.6 is 0 Å². The van der Waals surface area contributed by atoms with Gasteiger partial charge in [-0.3, -0.25) is 14.4 Å². The number of benzene rings is 2. The van der Waals surface area contributed by atoms with E-state index in [4.69, 9.17) is 28.8 Å². The number of esters is 3. The molecule has 262 valence electrons. The van der Waals surface area contributed by atoms with E-state index >= 15 is 0 Å². The summed E-state index contributed by atoms with van der Waals surface area (Å²) in [5, 5.41) is 8.89. The maximum Gasteiger partial charge on any atom is 0.342 e. The van der Waals surface area contributed by atoms with Crippen molar-refractivity contribution in [3.8, 4) is 17.2 Å². The fraction of sp³-hybridized carbons (Fsp3) is 0.526. The summed E-state index contributed by atoms with van der Waals surface area (Å²) in [4.78, 5) is 48.0. The van der Waals surface area contributed by atoms with Crippen LogP contribution in [0.4, 0.5) is 0 Å². The van der Waals surface area contributed by atoms with E-state index in [1.807, 2.05) is 52.8 Å². The number of carbonyl (C=O) groups excluding carboxylic acids is 3. The minimum Gasteiger partial charge on any atom is -0.496 e. The molecular weight excluding hydrogens is 616 g/mol. The molecule has 1 unspecified atom stereocenters. The Morgan fingerprint density at radius 3 is 2.27 bits per heavy atom. The summed E-state index contributed by atoms with van der Waals surface area (Å²) in [5.41, 5.74) is 6.12. The first-order chi connectivity index (χ1) is 22.9. The summed E-state index contributed by atoms with van der Waals surface area (Å²) in [7, 11) is 2.96. The van der Waals surface area contributed by atoms with Gasteiger partial charge in [0.15, 0.2) is 0 Å². The van der Waals surface area contributed by atoms with Gasteiger partial charge in [-0.15, -0.1) is 0 Å². The highest BCUT2D eigenvalue weighted by Gasteiger charge is 2.33. The van der Waals surface area contributed by atoms with Crippen LogP contribution in [0.1, 0.15) is 115 Å². The number of ether oxygens (including phenoxy) is 5. The van der Waals surface area contributed by atoms with Crippen molar-refractivity contribution >= 4 is 23.9 Å². The number of allylic oxidation sites excluding steroid dienone is 2. The number of rotatable bonds is 19. The molecule has 10 heteroatoms. The second kappa shape index (κ2) is 18.3. The monoisotopic (exact) mass is 666 g/mol. The molecule has 1 aliphatic rings. The molecule has 0 bridgehead atoms. The van der Waals surface area contributed by atoms with E-state index in [9.17, 15) is 19.2 Å². The molecule has 1 aliphatic heterocycles. The zero-order valence-corrected chi connectivity index (χ0v) is 29.4. The quantitative estimate of drug-likeness (QED) is 0.0689. The first-order valence-corrected chi connectivity index (χ1v) is 16.6. The van der Waals surface area contributed by atoms with Gasteiger partial charge in [-0.1, -0.05) is 44.3 Å². The van der Waals surface area contributed by atoms with Gasteiger partial charge in [0, 0.05) is 30.4 Å². The van der Waals surface area contributed by atoms with Crippen LogP contribution in [0, 0.1) is 26.7 Å². The van der Waals surface area contributed by atoms with Crippen molar-refractivity contribution in [2.24, 2.45) is 5.92 Å². The van der Waals surface area contributed by atoms with Crippen molar-refractivity contribution in [1.29, 1.82) is 0 Å². The van der Waals surface area contributed by atoms with Gasteiger partial charge in [0.1, 0.15) is 36.0 Å². The van der Waals surface area contributed by atoms with Crippen molar-refractivity contribution in [3.63, 3.8) is 0 Å². The predicted molar refractivity (Wildman–Crippen MR) is 181 cm³/mol. The summed E-state index contributed by atoms with van der Waals surface area (Å²) in [6, 6.07) is 3.82. The van der Waals surface area contributed by atoms with Crippen LogP contribution in [-0.2, 0) is 43.5 Å². The molecule has 0 saturated carbocycles. The van der Waals surface area contributed by atoms with Gasteiger partial charge in [0.05, 0.1) is 14.2 Å². The van der Waals surface area contributed by atoms with E-state index in [1.54, 1.807) is 7.11 Å². The zero-order chi connectivity index (χ0) is 35.4. The third-order valence-corrected chi connectivity index (χ3v) is 8.70. The fourth-order valence-corrected chi connectivity index (χ4v) is 6.07. The van der Waals surface area contributed by atoms with Crippen LogP contribution in [0.15, 0.2) is 23.8 Å². The van der Waals surface area contributed by atoms with Gasteiger partial charge in [0.2, 0.25) is 0 Å². The van der Waals surface area contributed by atoms with E-state index in [2.05, 4.69) is 0 Å². The third-order valence-electron chi connectivity index (χ3n) is 8.70. The SMILES string of the molecule is COC(=O)CCC(C)=CCc1c(OC)c(C)c2c(c1OCc1cc(C)c(OC(=O)CCCCCCC(C)CC(=O)O)c(C)c1)C(=O)OC2. The topological polar surface area (TPSA) is 135 Å². The highest BCUT2D eigenvalue weighted by molar-refractivity contribution is 5.98. The summed E-state index contributed by atoms with van der Waals surface area (Å²) < 4.78 is 28.2. The molecule has 1 heterocycles. The van der Waals surface area contributed by atoms with Gasteiger partial charge in [-0.2, -0.15) is 0 Å². The lowest BCUT2D eigenvalue weighted by Gasteiger charge is -2.20. The Morgan fingerprint density at radius 1 is 0.938 bits per heavy atom. The van der Waals surface area contributed by atoms with Gasteiger partial charge in [-0.05, 0) is 87.3 Å². The summed E-state index contributed by atoms with van der Waals surface area (Å²) in [5.74, 6) is -0.0542. The average Bonchev–Trinajstić information content (AvgIpc) is 3.42. The number of fused-ring (bicyclic) bond motifs is 1. The number of hydrogen-bond acceptors (Lipinski definition) is 9. The molecule has 1 atom stereocenters. The van der Waals surface area contributed by atoms with E-state index < -0.39 is 11.9 Å². The molecule has 0 amide bonds. The summed E-state index contributed by atoms with van der Waals surface area (Å²) in [6.07, 6.45) is 8.09. The highest BCUT2D eigenvalue weighted by atomic mass is 16.5. The number of carbonyl (C=O) groups is 4. The number of methoxy groups -OCH3 is 2. The molecule has 1 N–H and O–H groups in total. The van der Waals surface area contributed by atoms with Crippen LogP contribution in [0.25, 0.3) is 0 Å². The molecule has 0 saturated heterocycles. The van der Waals surface area contributed by atoms with Crippen molar-refractivity contribution in [2.75, 3.05) is 14.2 Å². The lowest BCUT2D eigenvalue weighted by molar-refractivity contribution is -0.140. The predicted octanol–water partition coefficient (Wildman–Crippen LogP) is 7.67. The molecule has 0 radical (unpaired) electrons. The van der Waals surface area contributed by atoms with Gasteiger partial charge in [0.25, 0.3) is 0 Å². The average molecular weight is 667 g/mol. The standard InChI is InChI=1S/C38H50O10/c1-23(15-17-32(41)44-6)14-16-29-36(45-7)27(5)30-22-47-38(43)34(30)37(29)46-21-28-19-25(3)35(26(4)20-28)48-33(42)13-11-9-8-10-12-24(2)18-31(39)40/h14,19-20,24H,8-13,15-18,21-22H2,1-7H3,(H,39,40). The van der Waals surface area contributed by atoms with Crippen LogP contribution in [0.3, 0.4) is 0 Å². The molecule has 0 aliphatic carbocycles. The molecule has 0 spiro atoms. The van der Waals surface area contributed by atoms with E-state index in [-0.39, 0.29) is 43.9 Å². The highest BCUT2D eigenvalue weighted by Crippen LogP contribution is 2.43. The molecule has 0 aromatic heterocycles. The molecule has 0 fully saturated rings.